The van der Waals surface area contributed by atoms with Gasteiger partial charge in [0.1, 0.15) is 0 Å². The van der Waals surface area contributed by atoms with Gasteiger partial charge in [-0.05, 0) is 43.2 Å². The Morgan fingerprint density at radius 2 is 1.94 bits per heavy atom. The molecule has 1 aromatic carbocycles. The smallest absolute Gasteiger partial charge is 0.0348 e. The Bertz CT molecular complexity index is 333. The highest BCUT2D eigenvalue weighted by molar-refractivity contribution is 5.20. The fourth-order valence-electron chi connectivity index (χ4n) is 3.30. The van der Waals surface area contributed by atoms with Crippen LogP contribution < -0.4 is 5.32 Å². The lowest BCUT2D eigenvalue weighted by atomic mass is 9.90. The normalized spacial score (nSPS) is 25.2. The van der Waals surface area contributed by atoms with Crippen molar-refractivity contribution in [2.45, 2.75) is 52.0 Å². The van der Waals surface area contributed by atoms with E-state index in [2.05, 4.69) is 49.5 Å². The van der Waals surface area contributed by atoms with Crippen molar-refractivity contribution in [3.8, 4) is 0 Å². The van der Waals surface area contributed by atoms with Crippen LogP contribution in [-0.4, -0.2) is 6.54 Å². The van der Waals surface area contributed by atoms with Crippen LogP contribution in [0.2, 0.25) is 0 Å². The predicted octanol–water partition coefficient (Wildman–Crippen LogP) is 4.55. The maximum Gasteiger partial charge on any atom is 0.0348 e. The molecule has 1 aliphatic rings. The second-order valence-corrected chi connectivity index (χ2v) is 5.69. The van der Waals surface area contributed by atoms with Gasteiger partial charge in [-0.2, -0.15) is 0 Å². The Hall–Kier alpha value is -0.820. The molecule has 1 aromatic rings. The zero-order valence-corrected chi connectivity index (χ0v) is 11.9. The average molecular weight is 245 g/mol. The van der Waals surface area contributed by atoms with Crippen LogP contribution in [0.3, 0.4) is 0 Å². The van der Waals surface area contributed by atoms with Crippen molar-refractivity contribution >= 4 is 0 Å². The van der Waals surface area contributed by atoms with Gasteiger partial charge < -0.3 is 5.32 Å². The van der Waals surface area contributed by atoms with Crippen molar-refractivity contribution < 1.29 is 0 Å². The van der Waals surface area contributed by atoms with Crippen molar-refractivity contribution in [3.05, 3.63) is 35.9 Å². The molecule has 1 fully saturated rings. The average Bonchev–Trinajstić information content (AvgIpc) is 2.89. The van der Waals surface area contributed by atoms with Crippen molar-refractivity contribution in [3.63, 3.8) is 0 Å². The molecule has 2 rings (SSSR count). The van der Waals surface area contributed by atoms with Gasteiger partial charge in [0, 0.05) is 6.04 Å². The second-order valence-electron chi connectivity index (χ2n) is 5.69. The number of benzene rings is 1. The van der Waals surface area contributed by atoms with Crippen molar-refractivity contribution in [2.75, 3.05) is 6.54 Å². The van der Waals surface area contributed by atoms with E-state index in [1.807, 2.05) is 0 Å². The Morgan fingerprint density at radius 1 is 1.17 bits per heavy atom. The van der Waals surface area contributed by atoms with Crippen molar-refractivity contribution in [2.24, 2.45) is 11.8 Å². The molecule has 0 bridgehead atoms. The summed E-state index contributed by atoms with van der Waals surface area (Å²) in [6, 6.07) is 11.6. The first-order chi connectivity index (χ1) is 8.85. The lowest BCUT2D eigenvalue weighted by Gasteiger charge is -2.25. The van der Waals surface area contributed by atoms with Crippen LogP contribution >= 0.6 is 0 Å². The second kappa shape index (κ2) is 6.94. The SMILES string of the molecule is CCCNC(c1ccccc1)C1CCC(CC)C1. The third-order valence-corrected chi connectivity index (χ3v) is 4.40. The summed E-state index contributed by atoms with van der Waals surface area (Å²) in [5.41, 5.74) is 1.48. The minimum absolute atomic E-state index is 0.572. The topological polar surface area (TPSA) is 12.0 Å². The Morgan fingerprint density at radius 3 is 2.56 bits per heavy atom. The van der Waals surface area contributed by atoms with Gasteiger partial charge in [-0.15, -0.1) is 0 Å². The predicted molar refractivity (Wildman–Crippen MR) is 78.6 cm³/mol. The number of rotatable bonds is 6. The molecule has 0 radical (unpaired) electrons. The van der Waals surface area contributed by atoms with Gasteiger partial charge in [-0.1, -0.05) is 57.0 Å². The van der Waals surface area contributed by atoms with Crippen LogP contribution in [0.1, 0.15) is 57.6 Å². The van der Waals surface area contributed by atoms with E-state index in [9.17, 15) is 0 Å². The molecule has 0 spiro atoms. The highest BCUT2D eigenvalue weighted by Crippen LogP contribution is 2.40. The van der Waals surface area contributed by atoms with Gasteiger partial charge in [0.05, 0.1) is 0 Å². The van der Waals surface area contributed by atoms with Crippen LogP contribution in [0, 0.1) is 11.8 Å². The van der Waals surface area contributed by atoms with Gasteiger partial charge in [0.25, 0.3) is 0 Å². The summed E-state index contributed by atoms with van der Waals surface area (Å²) in [7, 11) is 0. The molecule has 0 heterocycles. The number of hydrogen-bond acceptors (Lipinski definition) is 1. The van der Waals surface area contributed by atoms with Crippen molar-refractivity contribution in [1.82, 2.24) is 5.32 Å². The van der Waals surface area contributed by atoms with E-state index in [1.54, 1.807) is 0 Å². The summed E-state index contributed by atoms with van der Waals surface area (Å²) in [6.07, 6.45) is 6.80. The molecular weight excluding hydrogens is 218 g/mol. The number of hydrogen-bond donors (Lipinski definition) is 1. The van der Waals surface area contributed by atoms with E-state index in [4.69, 9.17) is 0 Å². The van der Waals surface area contributed by atoms with Gasteiger partial charge in [0.15, 0.2) is 0 Å². The fraction of sp³-hybridized carbons (Fsp3) is 0.647. The summed E-state index contributed by atoms with van der Waals surface area (Å²) in [4.78, 5) is 0. The molecule has 1 aliphatic carbocycles. The van der Waals surface area contributed by atoms with Gasteiger partial charge in [-0.25, -0.2) is 0 Å². The third-order valence-electron chi connectivity index (χ3n) is 4.40. The Kier molecular flexibility index (Phi) is 5.25. The Labute approximate surface area is 112 Å². The highest BCUT2D eigenvalue weighted by atomic mass is 14.9. The third kappa shape index (κ3) is 3.35. The maximum atomic E-state index is 3.77. The van der Waals surface area contributed by atoms with Crippen LogP contribution in [0.4, 0.5) is 0 Å². The quantitative estimate of drug-likeness (QED) is 0.775. The Balaban J connectivity index is 2.06. The van der Waals surface area contributed by atoms with Crippen LogP contribution in [0.15, 0.2) is 30.3 Å². The summed E-state index contributed by atoms with van der Waals surface area (Å²) < 4.78 is 0. The van der Waals surface area contributed by atoms with E-state index < -0.39 is 0 Å². The first-order valence-electron chi connectivity index (χ1n) is 7.63. The summed E-state index contributed by atoms with van der Waals surface area (Å²) in [5.74, 6) is 1.80. The molecule has 1 saturated carbocycles. The molecule has 3 unspecified atom stereocenters. The molecule has 0 saturated heterocycles. The molecule has 1 nitrogen and oxygen atoms in total. The standard InChI is InChI=1S/C17H27N/c1-3-12-18-17(15-8-6-5-7-9-15)16-11-10-14(4-2)13-16/h5-9,14,16-18H,3-4,10-13H2,1-2H3. The zero-order chi connectivity index (χ0) is 12.8. The molecule has 0 amide bonds. The molecule has 1 N–H and O–H groups in total. The first kappa shape index (κ1) is 13.6. The van der Waals surface area contributed by atoms with Gasteiger partial charge >= 0.3 is 0 Å². The van der Waals surface area contributed by atoms with E-state index in [1.165, 1.54) is 37.7 Å². The summed E-state index contributed by atoms with van der Waals surface area (Å²) in [6.45, 7) is 5.72. The first-order valence-corrected chi connectivity index (χ1v) is 7.63. The van der Waals surface area contributed by atoms with E-state index >= 15 is 0 Å². The maximum absolute atomic E-state index is 3.77. The zero-order valence-electron chi connectivity index (χ0n) is 11.9. The molecule has 0 aliphatic heterocycles. The molecule has 1 heteroatoms. The fourth-order valence-corrected chi connectivity index (χ4v) is 3.30. The summed E-state index contributed by atoms with van der Waals surface area (Å²) in [5, 5.41) is 3.77. The molecular formula is C17H27N. The molecule has 3 atom stereocenters. The molecule has 100 valence electrons. The van der Waals surface area contributed by atoms with E-state index in [0.717, 1.165) is 18.4 Å². The molecule has 18 heavy (non-hydrogen) atoms. The van der Waals surface area contributed by atoms with Crippen LogP contribution in [0.25, 0.3) is 0 Å². The minimum Gasteiger partial charge on any atom is -0.310 e. The molecule has 0 aromatic heterocycles. The monoisotopic (exact) mass is 245 g/mol. The lowest BCUT2D eigenvalue weighted by molar-refractivity contribution is 0.354. The number of nitrogens with one attached hydrogen (secondary N) is 1. The van der Waals surface area contributed by atoms with Crippen LogP contribution in [-0.2, 0) is 0 Å². The largest absolute Gasteiger partial charge is 0.310 e. The summed E-state index contributed by atoms with van der Waals surface area (Å²) >= 11 is 0. The van der Waals surface area contributed by atoms with E-state index in [-0.39, 0.29) is 0 Å². The van der Waals surface area contributed by atoms with E-state index in [0.29, 0.717) is 6.04 Å². The van der Waals surface area contributed by atoms with Crippen molar-refractivity contribution in [1.29, 1.82) is 0 Å². The van der Waals surface area contributed by atoms with Gasteiger partial charge in [-0.3, -0.25) is 0 Å². The van der Waals surface area contributed by atoms with Gasteiger partial charge in [0.2, 0.25) is 0 Å². The van der Waals surface area contributed by atoms with Crippen LogP contribution in [0.5, 0.6) is 0 Å². The minimum atomic E-state index is 0.572. The lowest BCUT2D eigenvalue weighted by Crippen LogP contribution is -2.28. The highest BCUT2D eigenvalue weighted by Gasteiger charge is 2.30.